The molecule has 1 fully saturated rings. The summed E-state index contributed by atoms with van der Waals surface area (Å²) >= 11 is 0. The van der Waals surface area contributed by atoms with E-state index in [0.717, 1.165) is 12.2 Å². The normalized spacial score (nSPS) is 24.9. The molecule has 2 rings (SSSR count). The number of aryl methyl sites for hydroxylation is 1. The smallest absolute Gasteiger partial charge is 0.0406 e. The van der Waals surface area contributed by atoms with Crippen LogP contribution in [-0.4, -0.2) is 36.1 Å². The highest BCUT2D eigenvalue weighted by Crippen LogP contribution is 2.37. The fourth-order valence-corrected chi connectivity index (χ4v) is 3.06. The van der Waals surface area contributed by atoms with Crippen molar-refractivity contribution in [1.82, 2.24) is 15.2 Å². The zero-order chi connectivity index (χ0) is 13.1. The topological polar surface area (TPSA) is 28.2 Å². The standard InChI is InChI=1S/C15H25N3/c1-11(2)18-8-7-14(9-16-4)15(18)13-6-5-12(3)17-10-13/h5-6,10-11,14-16H,7-9H2,1-4H3. The number of nitrogens with zero attached hydrogens (tertiary/aromatic N) is 2. The summed E-state index contributed by atoms with van der Waals surface area (Å²) in [5.41, 5.74) is 2.46. The predicted molar refractivity (Wildman–Crippen MR) is 75.6 cm³/mol. The van der Waals surface area contributed by atoms with Crippen molar-refractivity contribution < 1.29 is 0 Å². The second kappa shape index (κ2) is 5.81. The van der Waals surface area contributed by atoms with Crippen molar-refractivity contribution in [2.24, 2.45) is 5.92 Å². The SMILES string of the molecule is CNCC1CCN(C(C)C)C1c1ccc(C)nc1. The number of likely N-dealkylation sites (tertiary alicyclic amines) is 1. The van der Waals surface area contributed by atoms with Crippen molar-refractivity contribution in [1.29, 1.82) is 0 Å². The van der Waals surface area contributed by atoms with E-state index in [-0.39, 0.29) is 0 Å². The van der Waals surface area contributed by atoms with E-state index in [4.69, 9.17) is 0 Å². The number of hydrogen-bond acceptors (Lipinski definition) is 3. The van der Waals surface area contributed by atoms with Gasteiger partial charge in [0.25, 0.3) is 0 Å². The van der Waals surface area contributed by atoms with Gasteiger partial charge < -0.3 is 5.32 Å². The van der Waals surface area contributed by atoms with E-state index >= 15 is 0 Å². The van der Waals surface area contributed by atoms with Gasteiger partial charge in [0.1, 0.15) is 0 Å². The Morgan fingerprint density at radius 3 is 2.78 bits per heavy atom. The second-order valence-electron chi connectivity index (χ2n) is 5.62. The highest BCUT2D eigenvalue weighted by Gasteiger charge is 2.36. The van der Waals surface area contributed by atoms with Crippen molar-refractivity contribution in [3.05, 3.63) is 29.6 Å². The van der Waals surface area contributed by atoms with Crippen LogP contribution < -0.4 is 5.32 Å². The van der Waals surface area contributed by atoms with Crippen molar-refractivity contribution in [2.45, 2.75) is 39.3 Å². The van der Waals surface area contributed by atoms with E-state index in [1.807, 2.05) is 14.0 Å². The van der Waals surface area contributed by atoms with Gasteiger partial charge in [-0.2, -0.15) is 0 Å². The van der Waals surface area contributed by atoms with Crippen LogP contribution in [0.3, 0.4) is 0 Å². The molecule has 0 radical (unpaired) electrons. The molecule has 100 valence electrons. The molecule has 3 nitrogen and oxygen atoms in total. The molecule has 1 saturated heterocycles. The number of nitrogens with one attached hydrogen (secondary N) is 1. The first-order valence-corrected chi connectivity index (χ1v) is 6.96. The maximum Gasteiger partial charge on any atom is 0.0406 e. The highest BCUT2D eigenvalue weighted by molar-refractivity contribution is 5.20. The molecule has 2 unspecified atom stereocenters. The van der Waals surface area contributed by atoms with Gasteiger partial charge in [-0.3, -0.25) is 9.88 Å². The first-order valence-electron chi connectivity index (χ1n) is 6.96. The molecule has 0 bridgehead atoms. The van der Waals surface area contributed by atoms with Gasteiger partial charge in [0.15, 0.2) is 0 Å². The summed E-state index contributed by atoms with van der Waals surface area (Å²) in [6.07, 6.45) is 3.33. The van der Waals surface area contributed by atoms with E-state index in [1.54, 1.807) is 0 Å². The summed E-state index contributed by atoms with van der Waals surface area (Å²) in [5, 5.41) is 3.33. The summed E-state index contributed by atoms with van der Waals surface area (Å²) in [5.74, 6) is 0.696. The van der Waals surface area contributed by atoms with Crippen LogP contribution in [0.25, 0.3) is 0 Å². The van der Waals surface area contributed by atoms with Crippen LogP contribution in [-0.2, 0) is 0 Å². The van der Waals surface area contributed by atoms with Crippen LogP contribution in [0.15, 0.2) is 18.3 Å². The van der Waals surface area contributed by atoms with E-state index in [0.29, 0.717) is 18.0 Å². The maximum absolute atomic E-state index is 4.46. The zero-order valence-electron chi connectivity index (χ0n) is 12.0. The molecule has 2 atom stereocenters. The molecule has 1 N–H and O–H groups in total. The first kappa shape index (κ1) is 13.5. The van der Waals surface area contributed by atoms with Gasteiger partial charge in [0.2, 0.25) is 0 Å². The molecule has 1 aliphatic rings. The van der Waals surface area contributed by atoms with Crippen molar-refractivity contribution in [3.63, 3.8) is 0 Å². The molecule has 0 aliphatic carbocycles. The van der Waals surface area contributed by atoms with Crippen LogP contribution in [0.5, 0.6) is 0 Å². The third-order valence-electron chi connectivity index (χ3n) is 3.97. The van der Waals surface area contributed by atoms with E-state index in [1.165, 1.54) is 18.5 Å². The molecule has 3 heteroatoms. The van der Waals surface area contributed by atoms with Gasteiger partial charge in [0, 0.05) is 24.0 Å². The van der Waals surface area contributed by atoms with Gasteiger partial charge in [0.05, 0.1) is 0 Å². The lowest BCUT2D eigenvalue weighted by atomic mass is 9.94. The third-order valence-corrected chi connectivity index (χ3v) is 3.97. The molecule has 2 heterocycles. The Kier molecular flexibility index (Phi) is 4.36. The lowest BCUT2D eigenvalue weighted by molar-refractivity contribution is 0.182. The molecular weight excluding hydrogens is 222 g/mol. The maximum atomic E-state index is 4.46. The van der Waals surface area contributed by atoms with Crippen molar-refractivity contribution in [3.8, 4) is 0 Å². The number of hydrogen-bond donors (Lipinski definition) is 1. The monoisotopic (exact) mass is 247 g/mol. The molecule has 1 aromatic heterocycles. The highest BCUT2D eigenvalue weighted by atomic mass is 15.2. The Hall–Kier alpha value is -0.930. The third kappa shape index (κ3) is 2.73. The number of pyridine rings is 1. The molecule has 0 saturated carbocycles. The minimum atomic E-state index is 0.519. The average Bonchev–Trinajstić information content (AvgIpc) is 2.75. The second-order valence-corrected chi connectivity index (χ2v) is 5.62. The van der Waals surface area contributed by atoms with Crippen LogP contribution in [0.2, 0.25) is 0 Å². The predicted octanol–water partition coefficient (Wildman–Crippen LogP) is 2.38. The lowest BCUT2D eigenvalue weighted by Gasteiger charge is -2.31. The fourth-order valence-electron chi connectivity index (χ4n) is 3.06. The summed E-state index contributed by atoms with van der Waals surface area (Å²) in [7, 11) is 2.04. The quantitative estimate of drug-likeness (QED) is 0.885. The summed E-state index contributed by atoms with van der Waals surface area (Å²) in [6.45, 7) is 8.90. The number of aromatic nitrogens is 1. The summed E-state index contributed by atoms with van der Waals surface area (Å²) in [4.78, 5) is 7.07. The van der Waals surface area contributed by atoms with Crippen LogP contribution in [0.1, 0.15) is 37.6 Å². The lowest BCUT2D eigenvalue weighted by Crippen LogP contribution is -2.33. The van der Waals surface area contributed by atoms with Gasteiger partial charge in [-0.25, -0.2) is 0 Å². The van der Waals surface area contributed by atoms with Gasteiger partial charge >= 0.3 is 0 Å². The molecule has 0 aromatic carbocycles. The van der Waals surface area contributed by atoms with Crippen molar-refractivity contribution >= 4 is 0 Å². The fraction of sp³-hybridized carbons (Fsp3) is 0.667. The Bertz CT molecular complexity index is 372. The summed E-state index contributed by atoms with van der Waals surface area (Å²) in [6, 6.07) is 5.49. The summed E-state index contributed by atoms with van der Waals surface area (Å²) < 4.78 is 0. The van der Waals surface area contributed by atoms with Gasteiger partial charge in [-0.15, -0.1) is 0 Å². The molecule has 1 aliphatic heterocycles. The van der Waals surface area contributed by atoms with Gasteiger partial charge in [-0.05, 0) is 64.9 Å². The van der Waals surface area contributed by atoms with Crippen LogP contribution in [0, 0.1) is 12.8 Å². The van der Waals surface area contributed by atoms with Crippen LogP contribution in [0.4, 0.5) is 0 Å². The molecule has 0 spiro atoms. The van der Waals surface area contributed by atoms with E-state index < -0.39 is 0 Å². The Labute approximate surface area is 111 Å². The Morgan fingerprint density at radius 1 is 1.44 bits per heavy atom. The minimum Gasteiger partial charge on any atom is -0.319 e. The average molecular weight is 247 g/mol. The zero-order valence-corrected chi connectivity index (χ0v) is 12.0. The van der Waals surface area contributed by atoms with E-state index in [2.05, 4.69) is 47.4 Å². The molecule has 1 aromatic rings. The first-order chi connectivity index (χ1) is 8.63. The molecular formula is C15H25N3. The largest absolute Gasteiger partial charge is 0.319 e. The number of rotatable bonds is 4. The van der Waals surface area contributed by atoms with Crippen LogP contribution >= 0.6 is 0 Å². The van der Waals surface area contributed by atoms with Crippen molar-refractivity contribution in [2.75, 3.05) is 20.1 Å². The molecule has 0 amide bonds. The molecule has 18 heavy (non-hydrogen) atoms. The Balaban J connectivity index is 2.25. The van der Waals surface area contributed by atoms with Gasteiger partial charge in [-0.1, -0.05) is 6.07 Å². The van der Waals surface area contributed by atoms with E-state index in [9.17, 15) is 0 Å². The minimum absolute atomic E-state index is 0.519. The Morgan fingerprint density at radius 2 is 2.22 bits per heavy atom.